The van der Waals surface area contributed by atoms with Crippen molar-refractivity contribution in [3.05, 3.63) is 18.0 Å². The van der Waals surface area contributed by atoms with Gasteiger partial charge < -0.3 is 14.8 Å². The Balaban J connectivity index is 1.78. The van der Waals surface area contributed by atoms with Crippen molar-refractivity contribution < 1.29 is 9.47 Å². The Hall–Kier alpha value is -0.910. The highest BCUT2D eigenvalue weighted by Crippen LogP contribution is 2.21. The Kier molecular flexibility index (Phi) is 4.15. The standard InChI is InChI=1S/C12H21N3O2/c1-3-15-8-11(7-14-15)6-13-9-12(16-2)4-5-17-10-12/h7-8,13H,3-6,9-10H2,1-2H3. The van der Waals surface area contributed by atoms with Crippen molar-refractivity contribution in [3.63, 3.8) is 0 Å². The minimum atomic E-state index is -0.138. The molecule has 2 heterocycles. The number of methoxy groups -OCH3 is 1. The SMILES string of the molecule is CCn1cc(CNCC2(OC)CCOC2)cn1. The minimum Gasteiger partial charge on any atom is -0.378 e. The smallest absolute Gasteiger partial charge is 0.106 e. The van der Waals surface area contributed by atoms with E-state index < -0.39 is 0 Å². The molecule has 1 fully saturated rings. The summed E-state index contributed by atoms with van der Waals surface area (Å²) in [6, 6.07) is 0. The monoisotopic (exact) mass is 239 g/mol. The van der Waals surface area contributed by atoms with Crippen molar-refractivity contribution in [1.82, 2.24) is 15.1 Å². The molecule has 5 heteroatoms. The summed E-state index contributed by atoms with van der Waals surface area (Å²) in [6.07, 6.45) is 4.93. The summed E-state index contributed by atoms with van der Waals surface area (Å²) < 4.78 is 12.9. The number of aryl methyl sites for hydroxylation is 1. The number of hydrogen-bond donors (Lipinski definition) is 1. The molecule has 1 N–H and O–H groups in total. The van der Waals surface area contributed by atoms with Crippen LogP contribution in [0.4, 0.5) is 0 Å². The van der Waals surface area contributed by atoms with Gasteiger partial charge in [-0.1, -0.05) is 0 Å². The van der Waals surface area contributed by atoms with Crippen LogP contribution in [0.2, 0.25) is 0 Å². The van der Waals surface area contributed by atoms with E-state index in [9.17, 15) is 0 Å². The van der Waals surface area contributed by atoms with E-state index in [1.54, 1.807) is 7.11 Å². The molecule has 0 amide bonds. The van der Waals surface area contributed by atoms with Crippen LogP contribution in [-0.4, -0.2) is 42.2 Å². The predicted molar refractivity (Wildman–Crippen MR) is 64.8 cm³/mol. The Morgan fingerprint density at radius 1 is 1.65 bits per heavy atom. The molecule has 0 aliphatic carbocycles. The number of hydrogen-bond acceptors (Lipinski definition) is 4. The third kappa shape index (κ3) is 3.06. The maximum atomic E-state index is 5.55. The Morgan fingerprint density at radius 3 is 3.12 bits per heavy atom. The zero-order valence-electron chi connectivity index (χ0n) is 10.6. The molecule has 2 rings (SSSR count). The molecule has 1 saturated heterocycles. The molecule has 1 aromatic heterocycles. The maximum absolute atomic E-state index is 5.55. The summed E-state index contributed by atoms with van der Waals surface area (Å²) in [4.78, 5) is 0. The molecule has 96 valence electrons. The van der Waals surface area contributed by atoms with Gasteiger partial charge in [0.15, 0.2) is 0 Å². The summed E-state index contributed by atoms with van der Waals surface area (Å²) in [6.45, 7) is 6.12. The van der Waals surface area contributed by atoms with Crippen LogP contribution >= 0.6 is 0 Å². The number of nitrogens with zero attached hydrogens (tertiary/aromatic N) is 2. The summed E-state index contributed by atoms with van der Waals surface area (Å²) in [5.41, 5.74) is 1.07. The molecule has 17 heavy (non-hydrogen) atoms. The number of aromatic nitrogens is 2. The number of rotatable bonds is 6. The average Bonchev–Trinajstić information content (AvgIpc) is 2.98. The lowest BCUT2D eigenvalue weighted by atomic mass is 10.0. The fourth-order valence-corrected chi connectivity index (χ4v) is 2.07. The van der Waals surface area contributed by atoms with E-state index in [0.29, 0.717) is 6.61 Å². The highest BCUT2D eigenvalue weighted by molar-refractivity contribution is 5.03. The molecule has 1 unspecified atom stereocenters. The largest absolute Gasteiger partial charge is 0.378 e. The van der Waals surface area contributed by atoms with Gasteiger partial charge in [0.25, 0.3) is 0 Å². The molecule has 5 nitrogen and oxygen atoms in total. The summed E-state index contributed by atoms with van der Waals surface area (Å²) >= 11 is 0. The van der Waals surface area contributed by atoms with Gasteiger partial charge in [-0.15, -0.1) is 0 Å². The lowest BCUT2D eigenvalue weighted by Gasteiger charge is -2.25. The van der Waals surface area contributed by atoms with E-state index in [1.165, 1.54) is 5.56 Å². The first-order chi connectivity index (χ1) is 8.28. The average molecular weight is 239 g/mol. The fraction of sp³-hybridized carbons (Fsp3) is 0.750. The van der Waals surface area contributed by atoms with Gasteiger partial charge in [-0.2, -0.15) is 5.10 Å². The second-order valence-corrected chi connectivity index (χ2v) is 4.50. The van der Waals surface area contributed by atoms with Crippen LogP contribution in [0.15, 0.2) is 12.4 Å². The second kappa shape index (κ2) is 5.62. The van der Waals surface area contributed by atoms with Crippen molar-refractivity contribution >= 4 is 0 Å². The van der Waals surface area contributed by atoms with Crippen LogP contribution in [0.5, 0.6) is 0 Å². The highest BCUT2D eigenvalue weighted by Gasteiger charge is 2.34. The molecule has 0 saturated carbocycles. The van der Waals surface area contributed by atoms with Crippen LogP contribution in [0.1, 0.15) is 18.9 Å². The molecule has 0 radical (unpaired) electrons. The quantitative estimate of drug-likeness (QED) is 0.797. The molecular weight excluding hydrogens is 218 g/mol. The van der Waals surface area contributed by atoms with E-state index in [4.69, 9.17) is 9.47 Å². The van der Waals surface area contributed by atoms with Gasteiger partial charge in [0.1, 0.15) is 5.60 Å². The van der Waals surface area contributed by atoms with Crippen molar-refractivity contribution in [2.75, 3.05) is 26.9 Å². The highest BCUT2D eigenvalue weighted by atomic mass is 16.5. The molecule has 0 spiro atoms. The van der Waals surface area contributed by atoms with Gasteiger partial charge in [-0.3, -0.25) is 4.68 Å². The summed E-state index contributed by atoms with van der Waals surface area (Å²) in [5.74, 6) is 0. The lowest BCUT2D eigenvalue weighted by Crippen LogP contribution is -2.42. The van der Waals surface area contributed by atoms with Crippen molar-refractivity contribution in [2.45, 2.75) is 32.0 Å². The summed E-state index contributed by atoms with van der Waals surface area (Å²) in [7, 11) is 1.76. The first kappa shape index (κ1) is 12.5. The second-order valence-electron chi connectivity index (χ2n) is 4.50. The predicted octanol–water partition coefficient (Wildman–Crippen LogP) is 0.798. The molecule has 1 atom stereocenters. The topological polar surface area (TPSA) is 48.3 Å². The van der Waals surface area contributed by atoms with Crippen LogP contribution in [0, 0.1) is 0 Å². The molecule has 1 aliphatic rings. The van der Waals surface area contributed by atoms with Crippen LogP contribution in [0.3, 0.4) is 0 Å². The van der Waals surface area contributed by atoms with E-state index in [1.807, 2.05) is 10.9 Å². The third-order valence-corrected chi connectivity index (χ3v) is 3.29. The van der Waals surface area contributed by atoms with Gasteiger partial charge in [-0.25, -0.2) is 0 Å². The molecule has 0 bridgehead atoms. The molecule has 1 aromatic rings. The number of nitrogens with one attached hydrogen (secondary N) is 1. The first-order valence-electron chi connectivity index (χ1n) is 6.13. The van der Waals surface area contributed by atoms with Crippen molar-refractivity contribution in [1.29, 1.82) is 0 Å². The van der Waals surface area contributed by atoms with Gasteiger partial charge in [0.2, 0.25) is 0 Å². The Morgan fingerprint density at radius 2 is 2.53 bits per heavy atom. The molecule has 0 aromatic carbocycles. The first-order valence-corrected chi connectivity index (χ1v) is 6.13. The van der Waals surface area contributed by atoms with Crippen LogP contribution < -0.4 is 5.32 Å². The normalized spacial score (nSPS) is 24.4. The van der Waals surface area contributed by atoms with Crippen LogP contribution in [0.25, 0.3) is 0 Å². The van der Waals surface area contributed by atoms with E-state index in [2.05, 4.69) is 23.5 Å². The molecular formula is C12H21N3O2. The van der Waals surface area contributed by atoms with Gasteiger partial charge in [0.05, 0.1) is 12.8 Å². The van der Waals surface area contributed by atoms with Gasteiger partial charge in [-0.05, 0) is 6.92 Å². The third-order valence-electron chi connectivity index (χ3n) is 3.29. The van der Waals surface area contributed by atoms with E-state index >= 15 is 0 Å². The van der Waals surface area contributed by atoms with Gasteiger partial charge in [0, 0.05) is 51.5 Å². The zero-order valence-corrected chi connectivity index (χ0v) is 10.6. The Labute approximate surface area is 102 Å². The van der Waals surface area contributed by atoms with Gasteiger partial charge >= 0.3 is 0 Å². The van der Waals surface area contributed by atoms with E-state index in [-0.39, 0.29) is 5.60 Å². The Bertz CT molecular complexity index is 345. The zero-order chi connectivity index (χ0) is 12.1. The maximum Gasteiger partial charge on any atom is 0.106 e. The van der Waals surface area contributed by atoms with Crippen molar-refractivity contribution in [2.24, 2.45) is 0 Å². The van der Waals surface area contributed by atoms with E-state index in [0.717, 1.165) is 32.7 Å². The van der Waals surface area contributed by atoms with Crippen molar-refractivity contribution in [3.8, 4) is 0 Å². The number of ether oxygens (including phenoxy) is 2. The lowest BCUT2D eigenvalue weighted by molar-refractivity contribution is -0.0159. The minimum absolute atomic E-state index is 0.138. The fourth-order valence-electron chi connectivity index (χ4n) is 2.07. The summed E-state index contributed by atoms with van der Waals surface area (Å²) in [5, 5.41) is 7.66. The van der Waals surface area contributed by atoms with Crippen LogP contribution in [-0.2, 0) is 22.6 Å². The molecule has 1 aliphatic heterocycles.